The van der Waals surface area contributed by atoms with Crippen molar-refractivity contribution in [2.24, 2.45) is 0 Å². The van der Waals surface area contributed by atoms with Crippen molar-refractivity contribution < 1.29 is 4.79 Å². The second-order valence-electron chi connectivity index (χ2n) is 4.20. The van der Waals surface area contributed by atoms with Gasteiger partial charge in [0.15, 0.2) is 0 Å². The average Bonchev–Trinajstić information content (AvgIpc) is 2.46. The molecule has 0 aliphatic rings. The molecular formula is C15H15ClN2O. The topological polar surface area (TPSA) is 42.0 Å². The predicted molar refractivity (Wildman–Crippen MR) is 76.2 cm³/mol. The van der Waals surface area contributed by atoms with Crippen molar-refractivity contribution in [2.45, 2.75) is 19.4 Å². The fourth-order valence-corrected chi connectivity index (χ4v) is 2.08. The molecule has 0 radical (unpaired) electrons. The first-order valence-electron chi connectivity index (χ1n) is 6.17. The molecule has 0 bridgehead atoms. The smallest absolute Gasteiger partial charge is 0.254 e. The summed E-state index contributed by atoms with van der Waals surface area (Å²) in [5.41, 5.74) is 1.48. The first-order valence-corrected chi connectivity index (χ1v) is 6.55. The Morgan fingerprint density at radius 1 is 1.32 bits per heavy atom. The van der Waals surface area contributed by atoms with Gasteiger partial charge in [-0.2, -0.15) is 0 Å². The van der Waals surface area contributed by atoms with Crippen LogP contribution in [0.5, 0.6) is 0 Å². The summed E-state index contributed by atoms with van der Waals surface area (Å²) < 4.78 is 0. The Kier molecular flexibility index (Phi) is 4.53. The highest BCUT2D eigenvalue weighted by atomic mass is 35.5. The number of hydrogen-bond acceptors (Lipinski definition) is 2. The summed E-state index contributed by atoms with van der Waals surface area (Å²) >= 11 is 5.99. The van der Waals surface area contributed by atoms with Gasteiger partial charge in [0, 0.05) is 12.4 Å². The van der Waals surface area contributed by atoms with Crippen LogP contribution >= 0.6 is 11.6 Å². The molecule has 2 rings (SSSR count). The zero-order chi connectivity index (χ0) is 13.7. The second-order valence-corrected chi connectivity index (χ2v) is 4.61. The number of hydrogen-bond donors (Lipinski definition) is 1. The Balaban J connectivity index is 2.16. The van der Waals surface area contributed by atoms with Crippen molar-refractivity contribution in [1.29, 1.82) is 0 Å². The van der Waals surface area contributed by atoms with Gasteiger partial charge in [0.1, 0.15) is 0 Å². The molecule has 1 amide bonds. The lowest BCUT2D eigenvalue weighted by Gasteiger charge is -2.17. The Morgan fingerprint density at radius 3 is 2.68 bits per heavy atom. The lowest BCUT2D eigenvalue weighted by Crippen LogP contribution is -2.28. The molecule has 1 atom stereocenters. The highest BCUT2D eigenvalue weighted by Gasteiger charge is 2.15. The van der Waals surface area contributed by atoms with E-state index in [1.165, 1.54) is 6.20 Å². The van der Waals surface area contributed by atoms with Gasteiger partial charge < -0.3 is 5.32 Å². The average molecular weight is 275 g/mol. The molecule has 2 aromatic rings. The third kappa shape index (κ3) is 3.32. The molecule has 0 aliphatic carbocycles. The molecule has 19 heavy (non-hydrogen) atoms. The summed E-state index contributed by atoms with van der Waals surface area (Å²) in [6.45, 7) is 2.03. The summed E-state index contributed by atoms with van der Waals surface area (Å²) in [7, 11) is 0. The van der Waals surface area contributed by atoms with E-state index in [9.17, 15) is 4.79 Å². The third-order valence-electron chi connectivity index (χ3n) is 2.93. The summed E-state index contributed by atoms with van der Waals surface area (Å²) in [5, 5.41) is 3.39. The molecule has 98 valence electrons. The van der Waals surface area contributed by atoms with Crippen LogP contribution in [0.1, 0.15) is 35.3 Å². The van der Waals surface area contributed by atoms with Crippen LogP contribution in [0.2, 0.25) is 5.02 Å². The van der Waals surface area contributed by atoms with Crippen molar-refractivity contribution in [1.82, 2.24) is 10.3 Å². The van der Waals surface area contributed by atoms with Gasteiger partial charge >= 0.3 is 0 Å². The van der Waals surface area contributed by atoms with Gasteiger partial charge in [-0.25, -0.2) is 0 Å². The SMILES string of the molecule is CCC(NC(=O)c1cnccc1Cl)c1ccccc1. The van der Waals surface area contributed by atoms with E-state index in [-0.39, 0.29) is 11.9 Å². The van der Waals surface area contributed by atoms with Gasteiger partial charge in [0.05, 0.1) is 16.6 Å². The fourth-order valence-electron chi connectivity index (χ4n) is 1.89. The molecule has 3 nitrogen and oxygen atoms in total. The predicted octanol–water partition coefficient (Wildman–Crippen LogP) is 3.62. The lowest BCUT2D eigenvalue weighted by atomic mass is 10.0. The van der Waals surface area contributed by atoms with Crippen LogP contribution in [0.15, 0.2) is 48.8 Å². The third-order valence-corrected chi connectivity index (χ3v) is 3.26. The minimum Gasteiger partial charge on any atom is -0.345 e. The Morgan fingerprint density at radius 2 is 2.05 bits per heavy atom. The summed E-state index contributed by atoms with van der Waals surface area (Å²) in [5.74, 6) is -0.200. The van der Waals surface area contributed by atoms with Gasteiger partial charge in [0.2, 0.25) is 0 Å². The summed E-state index contributed by atoms with van der Waals surface area (Å²) in [4.78, 5) is 16.1. The molecule has 4 heteroatoms. The molecule has 1 heterocycles. The molecule has 0 fully saturated rings. The largest absolute Gasteiger partial charge is 0.345 e. The standard InChI is InChI=1S/C15H15ClN2O/c1-2-14(11-6-4-3-5-7-11)18-15(19)12-10-17-9-8-13(12)16/h3-10,14H,2H2,1H3,(H,18,19). The molecule has 1 aromatic carbocycles. The van der Waals surface area contributed by atoms with E-state index in [1.54, 1.807) is 12.3 Å². The molecule has 1 aromatic heterocycles. The van der Waals surface area contributed by atoms with Crippen LogP contribution in [-0.4, -0.2) is 10.9 Å². The van der Waals surface area contributed by atoms with E-state index in [4.69, 9.17) is 11.6 Å². The maximum absolute atomic E-state index is 12.2. The van der Waals surface area contributed by atoms with Crippen molar-refractivity contribution in [3.05, 3.63) is 64.9 Å². The number of amides is 1. The van der Waals surface area contributed by atoms with E-state index in [1.807, 2.05) is 37.3 Å². The van der Waals surface area contributed by atoms with Crippen LogP contribution in [-0.2, 0) is 0 Å². The van der Waals surface area contributed by atoms with Gasteiger partial charge in [-0.15, -0.1) is 0 Å². The first kappa shape index (κ1) is 13.6. The number of benzene rings is 1. The van der Waals surface area contributed by atoms with Crippen molar-refractivity contribution in [3.8, 4) is 0 Å². The minimum atomic E-state index is -0.200. The van der Waals surface area contributed by atoms with Gasteiger partial charge in [0.25, 0.3) is 5.91 Å². The number of carbonyl (C=O) groups excluding carboxylic acids is 1. The zero-order valence-electron chi connectivity index (χ0n) is 10.6. The number of nitrogens with zero attached hydrogens (tertiary/aromatic N) is 1. The van der Waals surface area contributed by atoms with Crippen molar-refractivity contribution in [2.75, 3.05) is 0 Å². The van der Waals surface area contributed by atoms with Gasteiger partial charge in [-0.3, -0.25) is 9.78 Å². The van der Waals surface area contributed by atoms with E-state index in [0.717, 1.165) is 12.0 Å². The van der Waals surface area contributed by atoms with E-state index in [2.05, 4.69) is 10.3 Å². The highest BCUT2D eigenvalue weighted by molar-refractivity contribution is 6.33. The van der Waals surface area contributed by atoms with Crippen LogP contribution < -0.4 is 5.32 Å². The monoisotopic (exact) mass is 274 g/mol. The Labute approximate surface area is 117 Å². The van der Waals surface area contributed by atoms with Crippen LogP contribution in [0, 0.1) is 0 Å². The molecule has 0 spiro atoms. The minimum absolute atomic E-state index is 0.0232. The maximum Gasteiger partial charge on any atom is 0.254 e. The van der Waals surface area contributed by atoms with Crippen LogP contribution in [0.25, 0.3) is 0 Å². The van der Waals surface area contributed by atoms with Crippen molar-refractivity contribution in [3.63, 3.8) is 0 Å². The number of aromatic nitrogens is 1. The number of nitrogens with one attached hydrogen (secondary N) is 1. The molecule has 1 unspecified atom stereocenters. The van der Waals surface area contributed by atoms with Gasteiger partial charge in [-0.05, 0) is 18.1 Å². The fraction of sp³-hybridized carbons (Fsp3) is 0.200. The Hall–Kier alpha value is -1.87. The van der Waals surface area contributed by atoms with Crippen LogP contribution in [0.4, 0.5) is 0 Å². The number of carbonyl (C=O) groups is 1. The molecule has 0 saturated heterocycles. The molecule has 0 aliphatic heterocycles. The van der Waals surface area contributed by atoms with E-state index < -0.39 is 0 Å². The first-order chi connectivity index (χ1) is 9.22. The second kappa shape index (κ2) is 6.34. The quantitative estimate of drug-likeness (QED) is 0.925. The maximum atomic E-state index is 12.2. The summed E-state index contributed by atoms with van der Waals surface area (Å²) in [6, 6.07) is 11.5. The normalized spacial score (nSPS) is 11.9. The van der Waals surface area contributed by atoms with Crippen molar-refractivity contribution >= 4 is 17.5 Å². The summed E-state index contributed by atoms with van der Waals surface area (Å²) in [6.07, 6.45) is 3.86. The van der Waals surface area contributed by atoms with E-state index >= 15 is 0 Å². The van der Waals surface area contributed by atoms with E-state index in [0.29, 0.717) is 10.6 Å². The lowest BCUT2D eigenvalue weighted by molar-refractivity contribution is 0.0935. The number of pyridine rings is 1. The molecular weight excluding hydrogens is 260 g/mol. The zero-order valence-corrected chi connectivity index (χ0v) is 11.4. The number of halogens is 1. The Bertz CT molecular complexity index is 557. The highest BCUT2D eigenvalue weighted by Crippen LogP contribution is 2.19. The molecule has 1 N–H and O–H groups in total. The van der Waals surface area contributed by atoms with Gasteiger partial charge in [-0.1, -0.05) is 48.9 Å². The molecule has 0 saturated carbocycles. The van der Waals surface area contributed by atoms with Crippen LogP contribution in [0.3, 0.4) is 0 Å². The number of rotatable bonds is 4.